The number of carbonyl (C=O) groups is 3. The van der Waals surface area contributed by atoms with E-state index in [9.17, 15) is 34.8 Å². The molecule has 5 N–H and O–H groups in total. The van der Waals surface area contributed by atoms with E-state index in [1.54, 1.807) is 0 Å². The number of esters is 2. The zero-order valence-corrected chi connectivity index (χ0v) is 18.1. The molecule has 0 aliphatic carbocycles. The van der Waals surface area contributed by atoms with Crippen LogP contribution in [0.4, 0.5) is 0 Å². The molecule has 0 aromatic carbocycles. The molecule has 11 heteroatoms. The summed E-state index contributed by atoms with van der Waals surface area (Å²) in [6.45, 7) is 3.95. The van der Waals surface area contributed by atoms with Gasteiger partial charge < -0.3 is 40.0 Å². The SMILES string of the molecule is CCCCOC(=O)C(CCC(=O)NCC1OC(O)C(O)C(O)C1O)C(=O)OCCCC. The topological polar surface area (TPSA) is 172 Å². The molecule has 31 heavy (non-hydrogen) atoms. The fourth-order valence-corrected chi connectivity index (χ4v) is 2.85. The van der Waals surface area contributed by atoms with E-state index < -0.39 is 54.5 Å². The number of amides is 1. The lowest BCUT2D eigenvalue weighted by molar-refractivity contribution is -0.280. The predicted molar refractivity (Wildman–Crippen MR) is 106 cm³/mol. The highest BCUT2D eigenvalue weighted by atomic mass is 16.6. The molecule has 1 amide bonds. The Bertz CT molecular complexity index is 550. The lowest BCUT2D eigenvalue weighted by Gasteiger charge is -2.38. The van der Waals surface area contributed by atoms with E-state index >= 15 is 0 Å². The first-order valence-electron chi connectivity index (χ1n) is 10.7. The smallest absolute Gasteiger partial charge is 0.320 e. The minimum absolute atomic E-state index is 0.125. The number of carbonyl (C=O) groups excluding carboxylic acids is 3. The maximum Gasteiger partial charge on any atom is 0.320 e. The molecular weight excluding hydrogens is 414 g/mol. The summed E-state index contributed by atoms with van der Waals surface area (Å²) in [5.41, 5.74) is 0. The van der Waals surface area contributed by atoms with Gasteiger partial charge in [0.2, 0.25) is 5.91 Å². The van der Waals surface area contributed by atoms with Gasteiger partial charge in [-0.05, 0) is 19.3 Å². The molecule has 0 aromatic heterocycles. The van der Waals surface area contributed by atoms with E-state index in [0.717, 1.165) is 12.8 Å². The van der Waals surface area contributed by atoms with Crippen LogP contribution in [0.1, 0.15) is 52.4 Å². The third-order valence-corrected chi connectivity index (χ3v) is 4.90. The summed E-state index contributed by atoms with van der Waals surface area (Å²) in [7, 11) is 0. The lowest BCUT2D eigenvalue weighted by atomic mass is 9.98. The van der Waals surface area contributed by atoms with Crippen molar-refractivity contribution in [3.63, 3.8) is 0 Å². The van der Waals surface area contributed by atoms with Crippen molar-refractivity contribution < 1.29 is 49.0 Å². The van der Waals surface area contributed by atoms with Crippen LogP contribution in [-0.2, 0) is 28.6 Å². The summed E-state index contributed by atoms with van der Waals surface area (Å²) >= 11 is 0. The fraction of sp³-hybridized carbons (Fsp3) is 0.850. The highest BCUT2D eigenvalue weighted by Gasteiger charge is 2.43. The Hall–Kier alpha value is -1.79. The first-order valence-corrected chi connectivity index (χ1v) is 10.7. The van der Waals surface area contributed by atoms with Gasteiger partial charge in [0.1, 0.15) is 24.4 Å². The Morgan fingerprint density at radius 3 is 1.97 bits per heavy atom. The molecule has 0 saturated carbocycles. The Labute approximate surface area is 181 Å². The standard InChI is InChI=1S/C20H35NO10/c1-3-5-9-29-18(26)12(19(27)30-10-6-4-2)7-8-14(22)21-11-13-15(23)16(24)17(25)20(28)31-13/h12-13,15-17,20,23-25,28H,3-11H2,1-2H3,(H,21,22). The Balaban J connectivity index is 2.56. The van der Waals surface area contributed by atoms with Gasteiger partial charge in [-0.15, -0.1) is 0 Å². The van der Waals surface area contributed by atoms with Gasteiger partial charge in [-0.1, -0.05) is 26.7 Å². The summed E-state index contributed by atoms with van der Waals surface area (Å²) in [4.78, 5) is 36.7. The second-order valence-electron chi connectivity index (χ2n) is 7.47. The lowest BCUT2D eigenvalue weighted by Crippen LogP contribution is -2.60. The van der Waals surface area contributed by atoms with Crippen molar-refractivity contribution in [2.24, 2.45) is 5.92 Å². The monoisotopic (exact) mass is 449 g/mol. The molecule has 0 radical (unpaired) electrons. The Kier molecular flexibility index (Phi) is 12.6. The second kappa shape index (κ2) is 14.3. The maximum absolute atomic E-state index is 12.3. The summed E-state index contributed by atoms with van der Waals surface area (Å²) in [5.74, 6) is -3.25. The summed E-state index contributed by atoms with van der Waals surface area (Å²) in [6, 6.07) is 0. The zero-order valence-electron chi connectivity index (χ0n) is 18.1. The van der Waals surface area contributed by atoms with Crippen molar-refractivity contribution in [3.05, 3.63) is 0 Å². The van der Waals surface area contributed by atoms with Gasteiger partial charge in [-0.25, -0.2) is 0 Å². The average molecular weight is 449 g/mol. The van der Waals surface area contributed by atoms with Gasteiger partial charge in [0, 0.05) is 13.0 Å². The quantitative estimate of drug-likeness (QED) is 0.133. The molecule has 5 unspecified atom stereocenters. The van der Waals surface area contributed by atoms with Gasteiger partial charge in [0.25, 0.3) is 0 Å². The number of rotatable bonds is 13. The number of ether oxygens (including phenoxy) is 3. The number of unbranched alkanes of at least 4 members (excludes halogenated alkanes) is 2. The van der Waals surface area contributed by atoms with Crippen LogP contribution in [0.3, 0.4) is 0 Å². The van der Waals surface area contributed by atoms with E-state index in [-0.39, 0.29) is 32.6 Å². The first-order chi connectivity index (χ1) is 14.7. The molecule has 0 bridgehead atoms. The Morgan fingerprint density at radius 1 is 0.903 bits per heavy atom. The molecule has 11 nitrogen and oxygen atoms in total. The molecule has 1 fully saturated rings. The van der Waals surface area contributed by atoms with Crippen molar-refractivity contribution in [2.75, 3.05) is 19.8 Å². The van der Waals surface area contributed by atoms with Crippen LogP contribution in [0, 0.1) is 5.92 Å². The van der Waals surface area contributed by atoms with Gasteiger partial charge in [-0.2, -0.15) is 0 Å². The van der Waals surface area contributed by atoms with Gasteiger partial charge in [0.15, 0.2) is 12.2 Å². The van der Waals surface area contributed by atoms with Crippen LogP contribution in [-0.4, -0.2) is 88.7 Å². The van der Waals surface area contributed by atoms with Gasteiger partial charge in [-0.3, -0.25) is 14.4 Å². The van der Waals surface area contributed by atoms with Gasteiger partial charge in [0.05, 0.1) is 13.2 Å². The number of hydrogen-bond donors (Lipinski definition) is 5. The maximum atomic E-state index is 12.3. The largest absolute Gasteiger partial charge is 0.465 e. The highest BCUT2D eigenvalue weighted by molar-refractivity contribution is 5.95. The predicted octanol–water partition coefficient (Wildman–Crippen LogP) is -1.01. The number of aliphatic hydroxyl groups is 4. The van der Waals surface area contributed by atoms with Crippen LogP contribution in [0.15, 0.2) is 0 Å². The molecule has 1 aliphatic heterocycles. The van der Waals surface area contributed by atoms with Crippen molar-refractivity contribution in [3.8, 4) is 0 Å². The summed E-state index contributed by atoms with van der Waals surface area (Å²) in [5, 5.41) is 41.0. The summed E-state index contributed by atoms with van der Waals surface area (Å²) in [6.07, 6.45) is -5.06. The molecule has 1 aliphatic rings. The van der Waals surface area contributed by atoms with Crippen LogP contribution < -0.4 is 5.32 Å². The van der Waals surface area contributed by atoms with E-state index in [1.165, 1.54) is 0 Å². The normalized spacial score (nSPS) is 25.8. The fourth-order valence-electron chi connectivity index (χ4n) is 2.85. The number of aliphatic hydroxyl groups excluding tert-OH is 4. The number of nitrogens with one attached hydrogen (secondary N) is 1. The number of hydrogen-bond acceptors (Lipinski definition) is 10. The van der Waals surface area contributed by atoms with E-state index in [2.05, 4.69) is 5.32 Å². The van der Waals surface area contributed by atoms with E-state index in [4.69, 9.17) is 14.2 Å². The van der Waals surface area contributed by atoms with E-state index in [1.807, 2.05) is 13.8 Å². The molecule has 1 saturated heterocycles. The molecule has 0 spiro atoms. The summed E-state index contributed by atoms with van der Waals surface area (Å²) < 4.78 is 15.2. The van der Waals surface area contributed by atoms with E-state index in [0.29, 0.717) is 12.8 Å². The van der Waals surface area contributed by atoms with Crippen molar-refractivity contribution in [1.29, 1.82) is 0 Å². The molecule has 5 atom stereocenters. The minimum Gasteiger partial charge on any atom is -0.465 e. The highest BCUT2D eigenvalue weighted by Crippen LogP contribution is 2.19. The molecule has 180 valence electrons. The average Bonchev–Trinajstić information content (AvgIpc) is 2.74. The van der Waals surface area contributed by atoms with Crippen LogP contribution in [0.2, 0.25) is 0 Å². The molecule has 0 aromatic rings. The molecule has 1 heterocycles. The third-order valence-electron chi connectivity index (χ3n) is 4.90. The van der Waals surface area contributed by atoms with Crippen LogP contribution >= 0.6 is 0 Å². The van der Waals surface area contributed by atoms with Crippen molar-refractivity contribution in [1.82, 2.24) is 5.32 Å². The van der Waals surface area contributed by atoms with Gasteiger partial charge >= 0.3 is 11.9 Å². The molecule has 1 rings (SSSR count). The zero-order chi connectivity index (χ0) is 23.4. The second-order valence-corrected chi connectivity index (χ2v) is 7.47. The minimum atomic E-state index is -1.71. The Morgan fingerprint density at radius 2 is 1.45 bits per heavy atom. The van der Waals surface area contributed by atoms with Crippen LogP contribution in [0.5, 0.6) is 0 Å². The third kappa shape index (κ3) is 9.08. The first kappa shape index (κ1) is 27.2. The van der Waals surface area contributed by atoms with Crippen LogP contribution in [0.25, 0.3) is 0 Å². The van der Waals surface area contributed by atoms with Crippen molar-refractivity contribution in [2.45, 2.75) is 83.1 Å². The van der Waals surface area contributed by atoms with Crippen molar-refractivity contribution >= 4 is 17.8 Å². The molecular formula is C20H35NO10.